The van der Waals surface area contributed by atoms with Gasteiger partial charge in [-0.1, -0.05) is 0 Å². The van der Waals surface area contributed by atoms with Crippen LogP contribution >= 0.6 is 0 Å². The minimum absolute atomic E-state index is 0.237. The van der Waals surface area contributed by atoms with Crippen molar-refractivity contribution in [2.24, 2.45) is 4.99 Å². The van der Waals surface area contributed by atoms with Crippen molar-refractivity contribution in [3.05, 3.63) is 53.5 Å². The van der Waals surface area contributed by atoms with Gasteiger partial charge in [0.25, 0.3) is 0 Å². The number of aromatic amines is 1. The molecule has 0 fully saturated rings. The van der Waals surface area contributed by atoms with Crippen molar-refractivity contribution in [3.8, 4) is 17.2 Å². The quantitative estimate of drug-likeness (QED) is 0.358. The van der Waals surface area contributed by atoms with Gasteiger partial charge < -0.3 is 29.8 Å². The number of nitrogens with one attached hydrogen (secondary N) is 3. The molecule has 0 aliphatic heterocycles. The fourth-order valence-corrected chi connectivity index (χ4v) is 3.41. The Kier molecular flexibility index (Phi) is 7.59. The molecule has 0 saturated carbocycles. The Bertz CT molecular complexity index is 1020. The summed E-state index contributed by atoms with van der Waals surface area (Å²) in [5.74, 6) is 2.39. The molecule has 0 radical (unpaired) electrons. The molecule has 7 nitrogen and oxygen atoms in total. The van der Waals surface area contributed by atoms with Crippen LogP contribution in [-0.2, 0) is 13.0 Å². The SMILES string of the molecule is CCNC(=NCc1c(OC)cc(OC)cc1OC)NCCc1c[nH]c2ccc(F)cc12. The van der Waals surface area contributed by atoms with E-state index in [4.69, 9.17) is 14.2 Å². The molecule has 166 valence electrons. The molecule has 31 heavy (non-hydrogen) atoms. The molecule has 0 spiro atoms. The molecule has 0 unspecified atom stereocenters. The third-order valence-electron chi connectivity index (χ3n) is 4.97. The molecular formula is C23H29FN4O3. The van der Waals surface area contributed by atoms with Crippen molar-refractivity contribution in [3.63, 3.8) is 0 Å². The molecule has 0 atom stereocenters. The first kappa shape index (κ1) is 22.3. The number of ether oxygens (including phenoxy) is 3. The molecule has 0 saturated heterocycles. The van der Waals surface area contributed by atoms with E-state index in [1.165, 1.54) is 6.07 Å². The maximum atomic E-state index is 13.6. The smallest absolute Gasteiger partial charge is 0.191 e. The number of hydrogen-bond donors (Lipinski definition) is 3. The summed E-state index contributed by atoms with van der Waals surface area (Å²) in [5.41, 5.74) is 2.81. The van der Waals surface area contributed by atoms with Crippen LogP contribution in [0, 0.1) is 5.82 Å². The summed E-state index contributed by atoms with van der Waals surface area (Å²) >= 11 is 0. The molecule has 0 amide bonds. The Morgan fingerprint density at radius 2 is 1.77 bits per heavy atom. The average molecular weight is 429 g/mol. The summed E-state index contributed by atoms with van der Waals surface area (Å²) < 4.78 is 29.9. The van der Waals surface area contributed by atoms with Gasteiger partial charge in [-0.2, -0.15) is 0 Å². The average Bonchev–Trinajstić information content (AvgIpc) is 3.18. The Balaban J connectivity index is 1.71. The van der Waals surface area contributed by atoms with E-state index in [2.05, 4.69) is 20.6 Å². The topological polar surface area (TPSA) is 79.9 Å². The second kappa shape index (κ2) is 10.6. The summed E-state index contributed by atoms with van der Waals surface area (Å²) in [6, 6.07) is 8.39. The lowest BCUT2D eigenvalue weighted by molar-refractivity contribution is 0.369. The molecule has 0 aliphatic rings. The molecule has 0 bridgehead atoms. The summed E-state index contributed by atoms with van der Waals surface area (Å²) in [5, 5.41) is 7.47. The molecule has 3 rings (SSSR count). The monoisotopic (exact) mass is 428 g/mol. The van der Waals surface area contributed by atoms with Crippen LogP contribution in [0.1, 0.15) is 18.1 Å². The van der Waals surface area contributed by atoms with Crippen molar-refractivity contribution < 1.29 is 18.6 Å². The summed E-state index contributed by atoms with van der Waals surface area (Å²) in [4.78, 5) is 7.86. The number of rotatable bonds is 9. The highest BCUT2D eigenvalue weighted by Crippen LogP contribution is 2.34. The van der Waals surface area contributed by atoms with E-state index in [1.54, 1.807) is 33.5 Å². The van der Waals surface area contributed by atoms with Crippen LogP contribution in [0.25, 0.3) is 10.9 Å². The molecule has 2 aromatic carbocycles. The largest absolute Gasteiger partial charge is 0.496 e. The van der Waals surface area contributed by atoms with Gasteiger partial charge >= 0.3 is 0 Å². The van der Waals surface area contributed by atoms with Crippen LogP contribution in [0.15, 0.2) is 41.5 Å². The number of hydrogen-bond acceptors (Lipinski definition) is 4. The van der Waals surface area contributed by atoms with E-state index < -0.39 is 0 Å². The van der Waals surface area contributed by atoms with Gasteiger partial charge in [-0.25, -0.2) is 9.38 Å². The zero-order valence-corrected chi connectivity index (χ0v) is 18.3. The number of halogens is 1. The van der Waals surface area contributed by atoms with Gasteiger partial charge in [-0.05, 0) is 37.1 Å². The number of benzene rings is 2. The van der Waals surface area contributed by atoms with Crippen LogP contribution in [0.4, 0.5) is 4.39 Å². The normalized spacial score (nSPS) is 11.5. The third kappa shape index (κ3) is 5.39. The van der Waals surface area contributed by atoms with Gasteiger partial charge in [0, 0.05) is 42.3 Å². The Hall–Kier alpha value is -3.42. The number of fused-ring (bicyclic) bond motifs is 1. The van der Waals surface area contributed by atoms with E-state index in [-0.39, 0.29) is 5.82 Å². The van der Waals surface area contributed by atoms with Gasteiger partial charge in [-0.3, -0.25) is 0 Å². The lowest BCUT2D eigenvalue weighted by atomic mass is 10.1. The van der Waals surface area contributed by atoms with E-state index in [9.17, 15) is 4.39 Å². The van der Waals surface area contributed by atoms with Gasteiger partial charge in [0.15, 0.2) is 5.96 Å². The summed E-state index contributed by atoms with van der Waals surface area (Å²) in [7, 11) is 4.81. The summed E-state index contributed by atoms with van der Waals surface area (Å²) in [6.45, 7) is 3.74. The first-order valence-corrected chi connectivity index (χ1v) is 10.2. The first-order valence-electron chi connectivity index (χ1n) is 10.2. The van der Waals surface area contributed by atoms with Crippen molar-refractivity contribution in [1.82, 2.24) is 15.6 Å². The van der Waals surface area contributed by atoms with Gasteiger partial charge in [0.2, 0.25) is 0 Å². The standard InChI is InChI=1S/C23H29FN4O3/c1-5-25-23(26-9-8-15-13-27-20-7-6-16(24)10-18(15)20)28-14-19-21(30-3)11-17(29-2)12-22(19)31-4/h6-7,10-13,27H,5,8-9,14H2,1-4H3,(H2,25,26,28). The van der Waals surface area contributed by atoms with Gasteiger partial charge in [-0.15, -0.1) is 0 Å². The van der Waals surface area contributed by atoms with Gasteiger partial charge in [0.05, 0.1) is 33.4 Å². The van der Waals surface area contributed by atoms with E-state index in [0.29, 0.717) is 36.3 Å². The first-order chi connectivity index (χ1) is 15.1. The Labute approximate surface area is 181 Å². The second-order valence-corrected chi connectivity index (χ2v) is 6.89. The highest BCUT2D eigenvalue weighted by molar-refractivity contribution is 5.83. The molecule has 3 aromatic rings. The highest BCUT2D eigenvalue weighted by Gasteiger charge is 2.13. The number of methoxy groups -OCH3 is 3. The Morgan fingerprint density at radius 3 is 2.42 bits per heavy atom. The van der Waals surface area contributed by atoms with E-state index in [1.807, 2.05) is 25.3 Å². The predicted molar refractivity (Wildman–Crippen MR) is 121 cm³/mol. The number of aliphatic imine (C=N–C) groups is 1. The molecule has 1 aromatic heterocycles. The van der Waals surface area contributed by atoms with Crippen LogP contribution in [0.5, 0.6) is 17.2 Å². The summed E-state index contributed by atoms with van der Waals surface area (Å²) in [6.07, 6.45) is 2.64. The Morgan fingerprint density at radius 1 is 1.03 bits per heavy atom. The highest BCUT2D eigenvalue weighted by atomic mass is 19.1. The maximum Gasteiger partial charge on any atom is 0.191 e. The van der Waals surface area contributed by atoms with Crippen molar-refractivity contribution in [2.45, 2.75) is 19.9 Å². The third-order valence-corrected chi connectivity index (χ3v) is 4.97. The lowest BCUT2D eigenvalue weighted by Crippen LogP contribution is -2.38. The fourth-order valence-electron chi connectivity index (χ4n) is 3.41. The number of aromatic nitrogens is 1. The number of guanidine groups is 1. The predicted octanol–water partition coefficient (Wildman–Crippen LogP) is 3.63. The zero-order chi connectivity index (χ0) is 22.2. The fraction of sp³-hybridized carbons (Fsp3) is 0.348. The minimum atomic E-state index is -0.237. The van der Waals surface area contributed by atoms with Crippen LogP contribution < -0.4 is 24.8 Å². The molecule has 1 heterocycles. The van der Waals surface area contributed by atoms with Crippen molar-refractivity contribution in [1.29, 1.82) is 0 Å². The van der Waals surface area contributed by atoms with Crippen molar-refractivity contribution >= 4 is 16.9 Å². The van der Waals surface area contributed by atoms with Crippen LogP contribution in [0.2, 0.25) is 0 Å². The van der Waals surface area contributed by atoms with E-state index in [0.717, 1.165) is 35.0 Å². The van der Waals surface area contributed by atoms with Gasteiger partial charge in [0.1, 0.15) is 23.1 Å². The lowest BCUT2D eigenvalue weighted by Gasteiger charge is -2.15. The van der Waals surface area contributed by atoms with E-state index >= 15 is 0 Å². The zero-order valence-electron chi connectivity index (χ0n) is 18.3. The van der Waals surface area contributed by atoms with Crippen molar-refractivity contribution in [2.75, 3.05) is 34.4 Å². The minimum Gasteiger partial charge on any atom is -0.496 e. The molecule has 3 N–H and O–H groups in total. The number of nitrogens with zero attached hydrogens (tertiary/aromatic N) is 1. The second-order valence-electron chi connectivity index (χ2n) is 6.89. The van der Waals surface area contributed by atoms with Crippen LogP contribution in [-0.4, -0.2) is 45.4 Å². The molecular weight excluding hydrogens is 399 g/mol. The van der Waals surface area contributed by atoms with Crippen LogP contribution in [0.3, 0.4) is 0 Å². The molecule has 0 aliphatic carbocycles. The molecule has 8 heteroatoms. The maximum absolute atomic E-state index is 13.6. The number of H-pyrrole nitrogens is 1.